The molecule has 3 amide bonds. The van der Waals surface area contributed by atoms with Crippen molar-refractivity contribution in [3.8, 4) is 5.75 Å². The first-order chi connectivity index (χ1) is 46.9. The molecule has 0 radical (unpaired) electrons. The molecule has 15 aliphatic rings. The van der Waals surface area contributed by atoms with Crippen molar-refractivity contribution in [2.24, 2.45) is 0 Å². The number of rotatable bonds is 5. The van der Waals surface area contributed by atoms with Crippen LogP contribution in [0.25, 0.3) is 0 Å². The first-order valence-electron chi connectivity index (χ1n) is 36.9. The van der Waals surface area contributed by atoms with Gasteiger partial charge in [-0.3, -0.25) is 14.7 Å². The standard InChI is InChI=1S/C26H33NO6.C26H35NO6.C26H33NO5/c1-15-9-17-14-27-23(28)33-24-12-19-22(32-25(30-19)7-5-4-6-8-25)20(13-24)31-26(24,27)11-16(2)21(17)18(10-15)29-3;1-4-8-26(30)24(33-23(29)27(26)16-19-12-17(2)11-18(3)13-19)14-20(28)22-21(15-24)31-25(32-22)9-6-5-7-10-25;1-15-9-16(2)22-17(3)11-21-25(32-24(29)27(21)14-18(22)10-15)12-19(28)23-20(13-25)30-26(31-23)7-5-4-6-8-26/h9-10,16,19-20,22H,4-8,11-14H2,1-3H3;4,11-13,20-22,28,30H,1,5-10,14-16H2,2-3H3;9-11,17,19-20,23,28H,4-8,12-14H2,1-3H3/t16-,19-,20-,22-,24+,26-;20-,21-,22?,24-,26-;17?,19-,20-,23?,25-/m111/s1. The molecule has 530 valence electrons. The Hall–Kier alpha value is -5.65. The summed E-state index contributed by atoms with van der Waals surface area (Å²) in [6, 6.07) is 14.7. The van der Waals surface area contributed by atoms with Crippen LogP contribution in [0.15, 0.2) is 66.9 Å². The third kappa shape index (κ3) is 10.7. The van der Waals surface area contributed by atoms with Gasteiger partial charge in [-0.05, 0) is 119 Å². The van der Waals surface area contributed by atoms with Crippen molar-refractivity contribution in [3.05, 3.63) is 123 Å². The lowest BCUT2D eigenvalue weighted by atomic mass is 9.72. The summed E-state index contributed by atoms with van der Waals surface area (Å²) in [5, 5.41) is 34.3. The van der Waals surface area contributed by atoms with Crippen molar-refractivity contribution in [1.82, 2.24) is 14.7 Å². The monoisotopic (exact) mass is 1350 g/mol. The maximum Gasteiger partial charge on any atom is 0.415 e. The third-order valence-corrected chi connectivity index (χ3v) is 25.2. The molecule has 16 atom stereocenters. The summed E-state index contributed by atoms with van der Waals surface area (Å²) < 4.78 is 69.8. The highest BCUT2D eigenvalue weighted by molar-refractivity contribution is 5.77. The van der Waals surface area contributed by atoms with Gasteiger partial charge in [0.25, 0.3) is 0 Å². The van der Waals surface area contributed by atoms with Crippen LogP contribution in [0.1, 0.15) is 229 Å². The van der Waals surface area contributed by atoms with Gasteiger partial charge in [0.1, 0.15) is 24.1 Å². The van der Waals surface area contributed by atoms with Crippen molar-refractivity contribution >= 4 is 18.3 Å². The molecule has 3 N–H and O–H groups in total. The molecule has 9 aliphatic heterocycles. The molecule has 13 fully saturated rings. The molecule has 2 bridgehead atoms. The summed E-state index contributed by atoms with van der Waals surface area (Å²) in [7, 11) is 1.72. The van der Waals surface area contributed by atoms with Crippen LogP contribution in [0.2, 0.25) is 0 Å². The number of amides is 3. The number of carbonyl (C=O) groups excluding carboxylic acids is 3. The van der Waals surface area contributed by atoms with E-state index in [9.17, 15) is 29.7 Å². The average Bonchev–Trinajstić information content (AvgIpc) is 1.51. The zero-order valence-corrected chi connectivity index (χ0v) is 58.5. The summed E-state index contributed by atoms with van der Waals surface area (Å²) in [4.78, 5) is 44.6. The van der Waals surface area contributed by atoms with Crippen LogP contribution in [-0.2, 0) is 67.0 Å². The lowest BCUT2D eigenvalue weighted by Crippen LogP contribution is -2.64. The Morgan fingerprint density at radius 3 is 1.67 bits per heavy atom. The quantitative estimate of drug-likeness (QED) is 0.160. The highest BCUT2D eigenvalue weighted by Crippen LogP contribution is 2.64. The molecule has 0 aromatic heterocycles. The Morgan fingerprint density at radius 1 is 0.551 bits per heavy atom. The smallest absolute Gasteiger partial charge is 0.415 e. The van der Waals surface area contributed by atoms with E-state index in [-0.39, 0.29) is 80.3 Å². The second-order valence-corrected chi connectivity index (χ2v) is 32.2. The van der Waals surface area contributed by atoms with Gasteiger partial charge in [-0.1, -0.05) is 98.4 Å². The van der Waals surface area contributed by atoms with E-state index in [0.717, 1.165) is 123 Å². The van der Waals surface area contributed by atoms with Gasteiger partial charge in [-0.2, -0.15) is 0 Å². The van der Waals surface area contributed by atoms with E-state index in [1.807, 2.05) is 30.9 Å². The molecule has 7 saturated heterocycles. The molecular weight excluding hydrogens is 1250 g/mol. The number of aryl methyl sites for hydroxylation is 5. The SMILES string of the molecule is C=CC[C@]1(O)N(Cc2cc(C)cc(C)c2)C(=O)O[C@@]12C[C@@H](O)C1OC3(CCCCC3)O[C@@H]1C2.COc1cc(C)cc2c1[C@H](C)C[C@@]13O[C@@H]4C[C@]1(C[C@H]1OC5(CCCCC5)O[C@H]14)OC(=O)N3C2.Cc1cc(C)c2c(c1)CN1C(=O)O[C@@]3(C[C@@H](O)C4OC5(CCCCC5)O[C@@H]4C3)C1=CC2C. The lowest BCUT2D eigenvalue weighted by molar-refractivity contribution is -0.221. The number of aliphatic hydroxyl groups is 3. The zero-order valence-electron chi connectivity index (χ0n) is 58.5. The van der Waals surface area contributed by atoms with Gasteiger partial charge in [-0.15, -0.1) is 6.58 Å². The topological polar surface area (TPSA) is 223 Å². The minimum absolute atomic E-state index is 0.0903. The van der Waals surface area contributed by atoms with Crippen molar-refractivity contribution in [2.45, 2.75) is 328 Å². The fourth-order valence-electron chi connectivity index (χ4n) is 21.4. The van der Waals surface area contributed by atoms with Gasteiger partial charge in [0.2, 0.25) is 0 Å². The molecule has 3 unspecified atom stereocenters. The second-order valence-electron chi connectivity index (χ2n) is 32.2. The maximum absolute atomic E-state index is 13.3. The highest BCUT2D eigenvalue weighted by atomic mass is 16.8. The first kappa shape index (κ1) is 66.9. The largest absolute Gasteiger partial charge is 0.496 e. The number of ether oxygens (including phenoxy) is 11. The number of aliphatic hydroxyl groups excluding tert-OH is 2. The fourth-order valence-corrected chi connectivity index (χ4v) is 21.4. The predicted octanol–water partition coefficient (Wildman–Crippen LogP) is 13.0. The fraction of sp³-hybridized carbons (Fsp3) is 0.679. The molecular formula is C78H101N3O17. The van der Waals surface area contributed by atoms with Crippen molar-refractivity contribution < 1.29 is 81.8 Å². The van der Waals surface area contributed by atoms with Crippen molar-refractivity contribution in [3.63, 3.8) is 0 Å². The van der Waals surface area contributed by atoms with E-state index in [1.54, 1.807) is 18.1 Å². The Balaban J connectivity index is 0.000000115. The number of nitrogens with zero attached hydrogens (tertiary/aromatic N) is 3. The molecule has 6 aliphatic carbocycles. The second kappa shape index (κ2) is 24.3. The molecule has 20 heteroatoms. The molecule has 6 saturated carbocycles. The number of allylic oxidation sites excluding steroid dienone is 1. The van der Waals surface area contributed by atoms with Crippen molar-refractivity contribution in [1.29, 1.82) is 0 Å². The molecule has 7 spiro atoms. The van der Waals surface area contributed by atoms with Crippen LogP contribution >= 0.6 is 0 Å². The van der Waals surface area contributed by atoms with Gasteiger partial charge in [0.05, 0.1) is 69.1 Å². The Bertz CT molecular complexity index is 3690. The summed E-state index contributed by atoms with van der Waals surface area (Å²) in [6.45, 7) is 19.7. The van der Waals surface area contributed by atoms with E-state index in [2.05, 4.69) is 77.6 Å². The molecule has 18 rings (SSSR count). The van der Waals surface area contributed by atoms with Crippen molar-refractivity contribution in [2.75, 3.05) is 7.11 Å². The van der Waals surface area contributed by atoms with Crippen LogP contribution in [-0.4, -0.2) is 156 Å². The summed E-state index contributed by atoms with van der Waals surface area (Å²) in [5.74, 6) is -0.516. The van der Waals surface area contributed by atoms with Gasteiger partial charge < -0.3 is 67.4 Å². The minimum Gasteiger partial charge on any atom is -0.496 e. The Kier molecular flexibility index (Phi) is 16.5. The summed E-state index contributed by atoms with van der Waals surface area (Å²) in [5.41, 5.74) is 6.98. The van der Waals surface area contributed by atoms with Crippen LogP contribution in [0.4, 0.5) is 14.4 Å². The number of hydrogen-bond acceptors (Lipinski definition) is 17. The maximum atomic E-state index is 13.3. The van der Waals surface area contributed by atoms with E-state index in [0.29, 0.717) is 45.2 Å². The van der Waals surface area contributed by atoms with E-state index in [4.69, 9.17) is 52.1 Å². The van der Waals surface area contributed by atoms with E-state index in [1.165, 1.54) is 45.6 Å². The predicted molar refractivity (Wildman–Crippen MR) is 357 cm³/mol. The number of fused-ring (bicyclic) bond motifs is 9. The van der Waals surface area contributed by atoms with Crippen LogP contribution in [0.5, 0.6) is 5.75 Å². The van der Waals surface area contributed by atoms with Gasteiger partial charge >= 0.3 is 18.3 Å². The highest BCUT2D eigenvalue weighted by Gasteiger charge is 2.78. The first-order valence-corrected chi connectivity index (χ1v) is 36.9. The number of carbonyl (C=O) groups is 3. The lowest BCUT2D eigenvalue weighted by Gasteiger charge is -2.47. The Morgan fingerprint density at radius 2 is 1.07 bits per heavy atom. The number of methoxy groups -OCH3 is 1. The van der Waals surface area contributed by atoms with Gasteiger partial charge in [0.15, 0.2) is 45.6 Å². The summed E-state index contributed by atoms with van der Waals surface area (Å²) >= 11 is 0. The normalized spacial score (nSPS) is 39.1. The molecule has 20 nitrogen and oxygen atoms in total. The Labute approximate surface area is 575 Å². The van der Waals surface area contributed by atoms with Crippen LogP contribution < -0.4 is 4.74 Å². The van der Waals surface area contributed by atoms with Crippen LogP contribution in [0.3, 0.4) is 0 Å². The number of benzene rings is 3. The third-order valence-electron chi connectivity index (χ3n) is 25.2. The van der Waals surface area contributed by atoms with Gasteiger partial charge in [0, 0.05) is 101 Å². The van der Waals surface area contributed by atoms with E-state index < -0.39 is 76.1 Å². The summed E-state index contributed by atoms with van der Waals surface area (Å²) in [6.07, 6.45) is 17.8. The van der Waals surface area contributed by atoms with E-state index >= 15 is 0 Å². The van der Waals surface area contributed by atoms with Crippen LogP contribution in [0, 0.1) is 34.6 Å². The average molecular weight is 1350 g/mol. The molecule has 3 aromatic carbocycles. The van der Waals surface area contributed by atoms with Gasteiger partial charge in [-0.25, -0.2) is 14.4 Å². The minimum atomic E-state index is -1.65. The molecule has 9 heterocycles. The zero-order chi connectivity index (χ0) is 68.3. The molecule has 3 aromatic rings. The molecule has 98 heavy (non-hydrogen) atoms. The number of hydrogen-bond donors (Lipinski definition) is 3.